The van der Waals surface area contributed by atoms with Crippen LogP contribution in [0.4, 0.5) is 4.53 Å². The monoisotopic (exact) mass is 108 g/mol. The van der Waals surface area contributed by atoms with Crippen molar-refractivity contribution in [2.24, 2.45) is 0 Å². The first kappa shape index (κ1) is 6.36. The van der Waals surface area contributed by atoms with E-state index in [1.807, 2.05) is 0 Å². The van der Waals surface area contributed by atoms with Crippen molar-refractivity contribution in [1.82, 2.24) is 0 Å². The number of hydrogen-bond acceptors (Lipinski definition) is 2. The van der Waals surface area contributed by atoms with E-state index in [4.69, 9.17) is 5.11 Å². The van der Waals surface area contributed by atoms with Crippen molar-refractivity contribution in [2.75, 3.05) is 6.61 Å². The molecule has 0 heterocycles. The summed E-state index contributed by atoms with van der Waals surface area (Å²) in [6, 6.07) is 0. The largest absolute Gasteiger partial charge is 0.481 e. The second-order valence-electron chi connectivity index (χ2n) is 0.957. The van der Waals surface area contributed by atoms with E-state index in [0.29, 0.717) is 0 Å². The van der Waals surface area contributed by atoms with Gasteiger partial charge in [0, 0.05) is 0 Å². The first-order valence-corrected chi connectivity index (χ1v) is 1.72. The average molecular weight is 108 g/mol. The molecule has 0 aromatic heterocycles. The summed E-state index contributed by atoms with van der Waals surface area (Å²) in [6.07, 6.45) is -0.281. The Labute approximate surface area is 39.6 Å². The van der Waals surface area contributed by atoms with E-state index >= 15 is 0 Å². The number of rotatable bonds is 3. The summed E-state index contributed by atoms with van der Waals surface area (Å²) in [5, 5.41) is 7.80. The van der Waals surface area contributed by atoms with Crippen molar-refractivity contribution in [1.29, 1.82) is 0 Å². The lowest BCUT2D eigenvalue weighted by molar-refractivity contribution is -0.153. The molecule has 0 amide bonds. The molecule has 0 aliphatic carbocycles. The second kappa shape index (κ2) is 3.55. The highest BCUT2D eigenvalue weighted by molar-refractivity contribution is 5.66. The Bertz CT molecular complexity index is 63.2. The van der Waals surface area contributed by atoms with E-state index in [-0.39, 0.29) is 13.0 Å². The smallest absolute Gasteiger partial charge is 0.305 e. The van der Waals surface area contributed by atoms with Crippen LogP contribution in [0, 0.1) is 0 Å². The molecule has 42 valence electrons. The van der Waals surface area contributed by atoms with Crippen molar-refractivity contribution in [2.45, 2.75) is 6.42 Å². The molecule has 1 N–H and O–H groups in total. The minimum Gasteiger partial charge on any atom is -0.481 e. The summed E-state index contributed by atoms with van der Waals surface area (Å²) in [5.74, 6) is -1.06. The van der Waals surface area contributed by atoms with Crippen molar-refractivity contribution >= 4 is 5.97 Å². The van der Waals surface area contributed by atoms with Gasteiger partial charge in [0.15, 0.2) is 0 Å². The Morgan fingerprint density at radius 3 is 2.57 bits per heavy atom. The molecule has 0 radical (unpaired) electrons. The van der Waals surface area contributed by atoms with Crippen molar-refractivity contribution in [3.05, 3.63) is 0 Å². The van der Waals surface area contributed by atoms with Gasteiger partial charge in [0.1, 0.15) is 0 Å². The van der Waals surface area contributed by atoms with Gasteiger partial charge in [0.05, 0.1) is 13.0 Å². The lowest BCUT2D eigenvalue weighted by Crippen LogP contribution is -1.97. The van der Waals surface area contributed by atoms with Crippen LogP contribution in [0.15, 0.2) is 0 Å². The molecule has 7 heavy (non-hydrogen) atoms. The van der Waals surface area contributed by atoms with E-state index in [0.717, 1.165) is 0 Å². The van der Waals surface area contributed by atoms with Gasteiger partial charge in [0.25, 0.3) is 0 Å². The summed E-state index contributed by atoms with van der Waals surface area (Å²) in [6.45, 7) is -0.366. The van der Waals surface area contributed by atoms with E-state index in [1.165, 1.54) is 0 Å². The normalized spacial score (nSPS) is 8.71. The number of carbonyl (C=O) groups is 1. The van der Waals surface area contributed by atoms with Gasteiger partial charge in [0.2, 0.25) is 0 Å². The number of hydrogen-bond donors (Lipinski definition) is 1. The Kier molecular flexibility index (Phi) is 3.22. The van der Waals surface area contributed by atoms with E-state index < -0.39 is 5.97 Å². The van der Waals surface area contributed by atoms with Crippen LogP contribution in [0.5, 0.6) is 0 Å². The van der Waals surface area contributed by atoms with Crippen LogP contribution in [0.25, 0.3) is 0 Å². The molecule has 0 saturated carbocycles. The second-order valence-corrected chi connectivity index (χ2v) is 0.957. The topological polar surface area (TPSA) is 46.5 Å². The summed E-state index contributed by atoms with van der Waals surface area (Å²) in [4.78, 5) is 12.5. The number of carboxylic acids is 1. The Morgan fingerprint density at radius 2 is 2.43 bits per heavy atom. The molecular formula is C3H5FO3. The molecule has 0 aliphatic heterocycles. The highest BCUT2D eigenvalue weighted by atomic mass is 19.3. The highest BCUT2D eigenvalue weighted by Crippen LogP contribution is 1.80. The first-order valence-electron chi connectivity index (χ1n) is 1.72. The molecule has 0 spiro atoms. The molecular weight excluding hydrogens is 103 g/mol. The van der Waals surface area contributed by atoms with Crippen molar-refractivity contribution in [3.8, 4) is 0 Å². The molecule has 0 saturated heterocycles. The molecule has 0 unspecified atom stereocenters. The third-order valence-corrected chi connectivity index (χ3v) is 0.393. The molecule has 0 aliphatic rings. The molecule has 0 aromatic rings. The van der Waals surface area contributed by atoms with Gasteiger partial charge in [-0.2, -0.15) is 4.94 Å². The summed E-state index contributed by atoms with van der Waals surface area (Å²) < 4.78 is 10.6. The van der Waals surface area contributed by atoms with Gasteiger partial charge in [-0.1, -0.05) is 0 Å². The zero-order chi connectivity index (χ0) is 5.70. The Balaban J connectivity index is 2.82. The standard InChI is InChI=1S/C3H5FO3/c4-7-2-1-3(5)6/h1-2H2,(H,5,6). The lowest BCUT2D eigenvalue weighted by atomic mass is 10.5. The lowest BCUT2D eigenvalue weighted by Gasteiger charge is -1.84. The zero-order valence-electron chi connectivity index (χ0n) is 3.56. The van der Waals surface area contributed by atoms with Crippen LogP contribution >= 0.6 is 0 Å². The minimum atomic E-state index is -1.06. The van der Waals surface area contributed by atoms with Gasteiger partial charge in [-0.05, 0) is 4.53 Å². The van der Waals surface area contributed by atoms with Gasteiger partial charge < -0.3 is 5.11 Å². The molecule has 0 atom stereocenters. The maximum absolute atomic E-state index is 10.6. The van der Waals surface area contributed by atoms with Gasteiger partial charge in [-0.25, -0.2) is 0 Å². The maximum atomic E-state index is 10.6. The molecule has 4 heteroatoms. The minimum absolute atomic E-state index is 0.281. The van der Waals surface area contributed by atoms with Crippen LogP contribution in [-0.2, 0) is 9.74 Å². The van der Waals surface area contributed by atoms with Gasteiger partial charge in [-0.3, -0.25) is 4.79 Å². The van der Waals surface area contributed by atoms with Crippen LogP contribution in [0.2, 0.25) is 0 Å². The third kappa shape index (κ3) is 5.36. The average Bonchev–Trinajstić information content (AvgIpc) is 1.61. The molecule has 0 aromatic carbocycles. The summed E-state index contributed by atoms with van der Waals surface area (Å²) >= 11 is 0. The maximum Gasteiger partial charge on any atom is 0.305 e. The van der Waals surface area contributed by atoms with Crippen LogP contribution in [0.3, 0.4) is 0 Å². The van der Waals surface area contributed by atoms with Crippen LogP contribution < -0.4 is 0 Å². The summed E-state index contributed by atoms with van der Waals surface area (Å²) in [7, 11) is 0. The van der Waals surface area contributed by atoms with Gasteiger partial charge >= 0.3 is 5.97 Å². The van der Waals surface area contributed by atoms with Gasteiger partial charge in [-0.15, -0.1) is 0 Å². The van der Waals surface area contributed by atoms with Crippen LogP contribution in [0.1, 0.15) is 6.42 Å². The zero-order valence-corrected chi connectivity index (χ0v) is 3.56. The van der Waals surface area contributed by atoms with E-state index in [1.54, 1.807) is 0 Å². The Morgan fingerprint density at radius 1 is 1.86 bits per heavy atom. The molecule has 0 rings (SSSR count). The third-order valence-electron chi connectivity index (χ3n) is 0.393. The predicted molar refractivity (Wildman–Crippen MR) is 19.3 cm³/mol. The fourth-order valence-corrected chi connectivity index (χ4v) is 0.126. The number of carboxylic acid groups (broad SMARTS) is 1. The van der Waals surface area contributed by atoms with Crippen molar-refractivity contribution in [3.63, 3.8) is 0 Å². The Hall–Kier alpha value is -0.640. The van der Waals surface area contributed by atoms with E-state index in [2.05, 4.69) is 4.94 Å². The summed E-state index contributed by atoms with van der Waals surface area (Å²) in [5.41, 5.74) is 0. The fourth-order valence-electron chi connectivity index (χ4n) is 0.126. The number of aliphatic carboxylic acids is 1. The van der Waals surface area contributed by atoms with Crippen LogP contribution in [-0.4, -0.2) is 17.7 Å². The SMILES string of the molecule is O=C(O)CCOF. The number of halogens is 1. The molecule has 3 nitrogen and oxygen atoms in total. The molecule has 0 fully saturated rings. The highest BCUT2D eigenvalue weighted by Gasteiger charge is 1.93. The molecule has 0 bridgehead atoms. The first-order chi connectivity index (χ1) is 3.27. The fraction of sp³-hybridized carbons (Fsp3) is 0.667. The predicted octanol–water partition coefficient (Wildman–Crippen LogP) is 0.362. The van der Waals surface area contributed by atoms with E-state index in [9.17, 15) is 9.32 Å². The van der Waals surface area contributed by atoms with Crippen molar-refractivity contribution < 1.29 is 19.4 Å². The quantitative estimate of drug-likeness (QED) is 0.567.